The van der Waals surface area contributed by atoms with E-state index in [1.165, 1.54) is 12.3 Å². The number of allylic oxidation sites excluding steroid dienone is 1. The lowest BCUT2D eigenvalue weighted by Crippen LogP contribution is -2.17. The molecular formula is C16H11F4NO2. The van der Waals surface area contributed by atoms with Gasteiger partial charge in [0, 0.05) is 23.9 Å². The first-order valence-electron chi connectivity index (χ1n) is 6.43. The summed E-state index contributed by atoms with van der Waals surface area (Å²) in [6.45, 7) is 0. The smallest absolute Gasteiger partial charge is 0.406 e. The molecule has 0 atom stereocenters. The van der Waals surface area contributed by atoms with E-state index in [9.17, 15) is 22.4 Å². The molecule has 0 radical (unpaired) electrons. The van der Waals surface area contributed by atoms with Crippen LogP contribution in [0.1, 0.15) is 10.4 Å². The number of hydrogen-bond donors (Lipinski definition) is 1. The van der Waals surface area contributed by atoms with Gasteiger partial charge in [0.15, 0.2) is 5.78 Å². The van der Waals surface area contributed by atoms with Crippen molar-refractivity contribution in [2.45, 2.75) is 6.36 Å². The van der Waals surface area contributed by atoms with Crippen molar-refractivity contribution in [2.24, 2.45) is 0 Å². The van der Waals surface area contributed by atoms with Gasteiger partial charge >= 0.3 is 6.36 Å². The van der Waals surface area contributed by atoms with Gasteiger partial charge in [-0.2, -0.15) is 0 Å². The Morgan fingerprint density at radius 2 is 1.78 bits per heavy atom. The van der Waals surface area contributed by atoms with Crippen LogP contribution in [-0.4, -0.2) is 12.1 Å². The van der Waals surface area contributed by atoms with E-state index in [1.54, 1.807) is 30.3 Å². The number of halogens is 4. The van der Waals surface area contributed by atoms with Crippen molar-refractivity contribution in [3.05, 3.63) is 72.2 Å². The van der Waals surface area contributed by atoms with Crippen molar-refractivity contribution in [2.75, 3.05) is 5.32 Å². The molecule has 0 amide bonds. The number of hydrogen-bond acceptors (Lipinski definition) is 3. The standard InChI is InChI=1S/C16H11F4NO2/c17-13-10-12(23-16(18,19)20)6-7-14(13)21-9-8-15(22)11-4-2-1-3-5-11/h1-10,21H/b9-8-. The average Bonchev–Trinajstić information content (AvgIpc) is 2.48. The lowest BCUT2D eigenvalue weighted by molar-refractivity contribution is -0.274. The second kappa shape index (κ2) is 6.95. The fraction of sp³-hybridized carbons (Fsp3) is 0.0625. The fourth-order valence-electron chi connectivity index (χ4n) is 1.72. The minimum Gasteiger partial charge on any atom is -0.406 e. The van der Waals surface area contributed by atoms with Crippen LogP contribution >= 0.6 is 0 Å². The van der Waals surface area contributed by atoms with Gasteiger partial charge in [0.2, 0.25) is 0 Å². The lowest BCUT2D eigenvalue weighted by atomic mass is 10.1. The first-order chi connectivity index (χ1) is 10.8. The third-order valence-corrected chi connectivity index (χ3v) is 2.71. The number of benzene rings is 2. The van der Waals surface area contributed by atoms with Crippen molar-refractivity contribution in [3.63, 3.8) is 0 Å². The molecule has 0 bridgehead atoms. The van der Waals surface area contributed by atoms with Crippen molar-refractivity contribution >= 4 is 11.5 Å². The molecule has 0 spiro atoms. The molecule has 2 aromatic carbocycles. The van der Waals surface area contributed by atoms with Crippen LogP contribution in [0.15, 0.2) is 60.8 Å². The number of rotatable bonds is 5. The third-order valence-electron chi connectivity index (χ3n) is 2.71. The third kappa shape index (κ3) is 5.14. The van der Waals surface area contributed by atoms with E-state index in [2.05, 4.69) is 10.1 Å². The summed E-state index contributed by atoms with van der Waals surface area (Å²) in [6, 6.07) is 11.1. The molecule has 1 N–H and O–H groups in total. The van der Waals surface area contributed by atoms with Crippen LogP contribution in [0, 0.1) is 5.82 Å². The second-order valence-corrected chi connectivity index (χ2v) is 4.40. The van der Waals surface area contributed by atoms with Crippen molar-refractivity contribution in [3.8, 4) is 5.75 Å². The monoisotopic (exact) mass is 325 g/mol. The number of carbonyl (C=O) groups is 1. The summed E-state index contributed by atoms with van der Waals surface area (Å²) in [6.07, 6.45) is -2.49. The van der Waals surface area contributed by atoms with Crippen molar-refractivity contribution in [1.82, 2.24) is 0 Å². The molecule has 0 aliphatic carbocycles. The Morgan fingerprint density at radius 1 is 1.09 bits per heavy atom. The highest BCUT2D eigenvalue weighted by molar-refractivity contribution is 6.04. The van der Waals surface area contributed by atoms with Crippen molar-refractivity contribution < 1.29 is 27.1 Å². The zero-order valence-electron chi connectivity index (χ0n) is 11.6. The minimum atomic E-state index is -4.89. The van der Waals surface area contributed by atoms with E-state index in [0.29, 0.717) is 11.6 Å². The Morgan fingerprint density at radius 3 is 2.39 bits per heavy atom. The number of carbonyl (C=O) groups excluding carboxylic acids is 1. The Labute approximate surface area is 129 Å². The van der Waals surface area contributed by atoms with Gasteiger partial charge in [-0.3, -0.25) is 4.79 Å². The lowest BCUT2D eigenvalue weighted by Gasteiger charge is -2.10. The molecule has 0 fully saturated rings. The molecule has 0 saturated heterocycles. The van der Waals surface area contributed by atoms with Crippen LogP contribution in [0.2, 0.25) is 0 Å². The Bertz CT molecular complexity index is 712. The van der Waals surface area contributed by atoms with Gasteiger partial charge < -0.3 is 10.1 Å². The average molecular weight is 325 g/mol. The maximum Gasteiger partial charge on any atom is 0.573 e. The molecule has 2 rings (SSSR count). The number of anilines is 1. The fourth-order valence-corrected chi connectivity index (χ4v) is 1.72. The van der Waals surface area contributed by atoms with E-state index in [1.807, 2.05) is 0 Å². The van der Waals surface area contributed by atoms with E-state index in [4.69, 9.17) is 0 Å². The van der Waals surface area contributed by atoms with Crippen LogP contribution in [0.3, 0.4) is 0 Å². The molecule has 0 heterocycles. The van der Waals surface area contributed by atoms with E-state index >= 15 is 0 Å². The molecule has 0 saturated carbocycles. The number of ketones is 1. The Balaban J connectivity index is 2.01. The highest BCUT2D eigenvalue weighted by Gasteiger charge is 2.31. The maximum atomic E-state index is 13.6. The molecular weight excluding hydrogens is 314 g/mol. The highest BCUT2D eigenvalue weighted by atomic mass is 19.4. The first-order valence-corrected chi connectivity index (χ1v) is 6.43. The van der Waals surface area contributed by atoms with Crippen LogP contribution in [0.5, 0.6) is 5.75 Å². The van der Waals surface area contributed by atoms with Crippen LogP contribution in [0.4, 0.5) is 23.2 Å². The predicted octanol–water partition coefficient (Wildman–Crippen LogP) is 4.53. The quantitative estimate of drug-likeness (QED) is 0.498. The largest absolute Gasteiger partial charge is 0.573 e. The van der Waals surface area contributed by atoms with Gasteiger partial charge in [0.25, 0.3) is 0 Å². The molecule has 0 aromatic heterocycles. The molecule has 7 heteroatoms. The Hall–Kier alpha value is -2.83. The number of ether oxygens (including phenoxy) is 1. The SMILES string of the molecule is O=C(/C=C\Nc1ccc(OC(F)(F)F)cc1F)c1ccccc1. The van der Waals surface area contributed by atoms with Crippen LogP contribution < -0.4 is 10.1 Å². The van der Waals surface area contributed by atoms with Gasteiger partial charge in [-0.1, -0.05) is 30.3 Å². The van der Waals surface area contributed by atoms with Gasteiger partial charge in [-0.05, 0) is 12.1 Å². The molecule has 0 aliphatic heterocycles. The molecule has 0 unspecified atom stereocenters. The topological polar surface area (TPSA) is 38.3 Å². The molecule has 23 heavy (non-hydrogen) atoms. The zero-order valence-corrected chi connectivity index (χ0v) is 11.6. The van der Waals surface area contributed by atoms with Crippen LogP contribution in [0.25, 0.3) is 0 Å². The van der Waals surface area contributed by atoms with Crippen molar-refractivity contribution in [1.29, 1.82) is 0 Å². The maximum absolute atomic E-state index is 13.6. The van der Waals surface area contributed by atoms with E-state index in [-0.39, 0.29) is 11.5 Å². The summed E-state index contributed by atoms with van der Waals surface area (Å²) < 4.78 is 53.3. The minimum absolute atomic E-state index is 0.0864. The summed E-state index contributed by atoms with van der Waals surface area (Å²) in [5.41, 5.74) is 0.372. The molecule has 2 aromatic rings. The molecule has 120 valence electrons. The summed E-state index contributed by atoms with van der Waals surface area (Å²) in [5.74, 6) is -1.90. The second-order valence-electron chi connectivity index (χ2n) is 4.40. The zero-order chi connectivity index (χ0) is 16.9. The summed E-state index contributed by atoms with van der Waals surface area (Å²) >= 11 is 0. The van der Waals surface area contributed by atoms with Crippen LogP contribution in [-0.2, 0) is 0 Å². The number of nitrogens with one attached hydrogen (secondary N) is 1. The van der Waals surface area contributed by atoms with Gasteiger partial charge in [-0.25, -0.2) is 4.39 Å². The summed E-state index contributed by atoms with van der Waals surface area (Å²) in [7, 11) is 0. The molecule has 0 aliphatic rings. The summed E-state index contributed by atoms with van der Waals surface area (Å²) in [5, 5.41) is 2.49. The summed E-state index contributed by atoms with van der Waals surface area (Å²) in [4.78, 5) is 11.8. The predicted molar refractivity (Wildman–Crippen MR) is 76.6 cm³/mol. The van der Waals surface area contributed by atoms with E-state index < -0.39 is 17.9 Å². The van der Waals surface area contributed by atoms with Gasteiger partial charge in [0.05, 0.1) is 5.69 Å². The van der Waals surface area contributed by atoms with Gasteiger partial charge in [0.1, 0.15) is 11.6 Å². The normalized spacial score (nSPS) is 11.5. The highest BCUT2D eigenvalue weighted by Crippen LogP contribution is 2.26. The Kier molecular flexibility index (Phi) is 5.00. The first kappa shape index (κ1) is 16.5. The van der Waals surface area contributed by atoms with Gasteiger partial charge in [-0.15, -0.1) is 13.2 Å². The van der Waals surface area contributed by atoms with E-state index in [0.717, 1.165) is 12.1 Å². The number of alkyl halides is 3. The molecule has 3 nitrogen and oxygen atoms in total.